The van der Waals surface area contributed by atoms with E-state index in [2.05, 4.69) is 57.2 Å². The molecule has 0 atom stereocenters. The van der Waals surface area contributed by atoms with Crippen molar-refractivity contribution in [2.75, 3.05) is 0 Å². The van der Waals surface area contributed by atoms with Crippen molar-refractivity contribution in [3.05, 3.63) is 47.5 Å². The van der Waals surface area contributed by atoms with Gasteiger partial charge in [0.15, 0.2) is 0 Å². The molecule has 1 heteroatoms. The minimum Gasteiger partial charge on any atom is -0.456 e. The molecule has 140 valence electrons. The van der Waals surface area contributed by atoms with Gasteiger partial charge in [0, 0.05) is 16.3 Å². The molecule has 4 bridgehead atoms. The molecule has 4 aliphatic rings. The zero-order chi connectivity index (χ0) is 18.4. The van der Waals surface area contributed by atoms with Gasteiger partial charge in [-0.25, -0.2) is 0 Å². The highest BCUT2D eigenvalue weighted by molar-refractivity contribution is 6.06. The average Bonchev–Trinajstić information content (AvgIpc) is 2.97. The van der Waals surface area contributed by atoms with Gasteiger partial charge < -0.3 is 4.42 Å². The summed E-state index contributed by atoms with van der Waals surface area (Å²) in [5.74, 6) is 2.93. The third kappa shape index (κ3) is 2.30. The molecule has 0 radical (unpaired) electrons. The fourth-order valence-electron chi connectivity index (χ4n) is 7.15. The van der Waals surface area contributed by atoms with E-state index in [0.29, 0.717) is 5.41 Å². The quantitative estimate of drug-likeness (QED) is 0.443. The third-order valence-corrected chi connectivity index (χ3v) is 7.94. The Labute approximate surface area is 162 Å². The fraction of sp³-hybridized carbons (Fsp3) is 0.538. The van der Waals surface area contributed by atoms with Crippen LogP contribution in [0.4, 0.5) is 0 Å². The van der Waals surface area contributed by atoms with E-state index < -0.39 is 0 Å². The fourth-order valence-corrected chi connectivity index (χ4v) is 7.15. The Morgan fingerprint density at radius 1 is 0.852 bits per heavy atom. The normalized spacial score (nSPS) is 32.6. The number of hydrogen-bond donors (Lipinski definition) is 0. The molecule has 0 spiro atoms. The largest absolute Gasteiger partial charge is 0.456 e. The number of hydrogen-bond acceptors (Lipinski definition) is 1. The molecule has 4 aliphatic carbocycles. The van der Waals surface area contributed by atoms with Crippen LogP contribution in [0.1, 0.15) is 70.4 Å². The first kappa shape index (κ1) is 16.2. The molecule has 4 saturated carbocycles. The smallest absolute Gasteiger partial charge is 0.139 e. The lowest BCUT2D eigenvalue weighted by molar-refractivity contribution is -0.00518. The summed E-state index contributed by atoms with van der Waals surface area (Å²) >= 11 is 0. The van der Waals surface area contributed by atoms with E-state index in [9.17, 15) is 0 Å². The number of para-hydroxylation sites is 1. The number of furan rings is 1. The Bertz CT molecular complexity index is 1010. The highest BCUT2D eigenvalue weighted by Crippen LogP contribution is 2.61. The molecule has 7 rings (SSSR count). The molecule has 1 heterocycles. The third-order valence-electron chi connectivity index (χ3n) is 7.94. The molecule has 0 aliphatic heterocycles. The monoisotopic (exact) mass is 358 g/mol. The maximum atomic E-state index is 6.38. The van der Waals surface area contributed by atoms with Gasteiger partial charge in [-0.2, -0.15) is 0 Å². The van der Waals surface area contributed by atoms with E-state index in [1.54, 1.807) is 5.56 Å². The van der Waals surface area contributed by atoms with Crippen molar-refractivity contribution >= 4 is 21.9 Å². The van der Waals surface area contributed by atoms with E-state index in [4.69, 9.17) is 4.42 Å². The molecule has 2 aromatic carbocycles. The molecule has 4 fully saturated rings. The summed E-state index contributed by atoms with van der Waals surface area (Å²) in [4.78, 5) is 0. The van der Waals surface area contributed by atoms with Crippen LogP contribution in [0.2, 0.25) is 0 Å². The second kappa shape index (κ2) is 5.19. The van der Waals surface area contributed by atoms with Gasteiger partial charge in [-0.1, -0.05) is 45.0 Å². The van der Waals surface area contributed by atoms with Crippen molar-refractivity contribution in [1.82, 2.24) is 0 Å². The summed E-state index contributed by atoms with van der Waals surface area (Å²) in [6.45, 7) is 7.00. The predicted octanol–water partition coefficient (Wildman–Crippen LogP) is 7.35. The van der Waals surface area contributed by atoms with Crippen LogP contribution in [0.5, 0.6) is 0 Å². The lowest BCUT2D eigenvalue weighted by Crippen LogP contribution is -2.48. The number of rotatable bonds is 1. The second-order valence-electron chi connectivity index (χ2n) is 10.9. The molecule has 0 saturated heterocycles. The summed E-state index contributed by atoms with van der Waals surface area (Å²) in [7, 11) is 0. The van der Waals surface area contributed by atoms with Crippen LogP contribution in [0, 0.1) is 17.8 Å². The first-order valence-electron chi connectivity index (χ1n) is 10.9. The number of benzene rings is 2. The summed E-state index contributed by atoms with van der Waals surface area (Å²) in [5.41, 5.74) is 5.66. The molecule has 1 nitrogen and oxygen atoms in total. The van der Waals surface area contributed by atoms with Crippen molar-refractivity contribution in [3.63, 3.8) is 0 Å². The summed E-state index contributed by atoms with van der Waals surface area (Å²) in [6.07, 6.45) is 8.77. The molecule has 1 aromatic heterocycles. The van der Waals surface area contributed by atoms with Gasteiger partial charge in [0.05, 0.1) is 0 Å². The first-order valence-corrected chi connectivity index (χ1v) is 10.9. The topological polar surface area (TPSA) is 13.1 Å². The molecule has 0 N–H and O–H groups in total. The van der Waals surface area contributed by atoms with E-state index in [1.165, 1.54) is 54.9 Å². The minimum absolute atomic E-state index is 0.0877. The highest BCUT2D eigenvalue weighted by Gasteiger charge is 2.51. The maximum absolute atomic E-state index is 6.38. The van der Waals surface area contributed by atoms with E-state index >= 15 is 0 Å². The van der Waals surface area contributed by atoms with Gasteiger partial charge in [-0.05, 0) is 84.8 Å². The molecule has 3 aromatic rings. The summed E-state index contributed by atoms with van der Waals surface area (Å²) in [6, 6.07) is 13.6. The Hall–Kier alpha value is -1.76. The maximum Gasteiger partial charge on any atom is 0.139 e. The van der Waals surface area contributed by atoms with Gasteiger partial charge >= 0.3 is 0 Å². The molecular weight excluding hydrogens is 328 g/mol. The van der Waals surface area contributed by atoms with Gasteiger partial charge in [0.1, 0.15) is 11.2 Å². The number of fused-ring (bicyclic) bond motifs is 3. The van der Waals surface area contributed by atoms with E-state index in [-0.39, 0.29) is 5.41 Å². The van der Waals surface area contributed by atoms with Gasteiger partial charge in [-0.15, -0.1) is 0 Å². The van der Waals surface area contributed by atoms with Gasteiger partial charge in [0.2, 0.25) is 0 Å². The zero-order valence-corrected chi connectivity index (χ0v) is 16.8. The molecule has 0 unspecified atom stereocenters. The summed E-state index contributed by atoms with van der Waals surface area (Å²) in [5, 5.41) is 2.62. The lowest BCUT2D eigenvalue weighted by Gasteiger charge is -2.57. The van der Waals surface area contributed by atoms with Gasteiger partial charge in [0.25, 0.3) is 0 Å². The second-order valence-corrected chi connectivity index (χ2v) is 10.9. The van der Waals surface area contributed by atoms with Crippen LogP contribution in [-0.4, -0.2) is 0 Å². The molecule has 27 heavy (non-hydrogen) atoms. The van der Waals surface area contributed by atoms with Gasteiger partial charge in [-0.3, -0.25) is 0 Å². The van der Waals surface area contributed by atoms with Crippen molar-refractivity contribution in [3.8, 4) is 0 Å². The molecule has 0 amide bonds. The van der Waals surface area contributed by atoms with Crippen LogP contribution in [0.25, 0.3) is 21.9 Å². The van der Waals surface area contributed by atoms with Crippen LogP contribution >= 0.6 is 0 Å². The van der Waals surface area contributed by atoms with Crippen LogP contribution in [0.3, 0.4) is 0 Å². The molecular formula is C26H30O. The van der Waals surface area contributed by atoms with E-state index in [1.807, 2.05) is 0 Å². The highest BCUT2D eigenvalue weighted by atomic mass is 16.3. The van der Waals surface area contributed by atoms with Crippen molar-refractivity contribution < 1.29 is 4.42 Å². The standard InChI is InChI=1S/C26H30O/c1-25(2,3)22-12-19(11-21-20-6-4-5-7-23(20)27-24(21)22)26-13-16-8-17(14-26)10-18(9-16)15-26/h4-7,11-12,16-18H,8-10,13-15H2,1-3H3. The van der Waals surface area contributed by atoms with Crippen LogP contribution in [-0.2, 0) is 10.8 Å². The Kier molecular flexibility index (Phi) is 3.12. The predicted molar refractivity (Wildman–Crippen MR) is 112 cm³/mol. The average molecular weight is 359 g/mol. The lowest BCUT2D eigenvalue weighted by atomic mass is 9.48. The minimum atomic E-state index is 0.0877. The van der Waals surface area contributed by atoms with E-state index in [0.717, 1.165) is 28.9 Å². The van der Waals surface area contributed by atoms with Crippen LogP contribution < -0.4 is 0 Å². The Morgan fingerprint density at radius 3 is 2.11 bits per heavy atom. The Morgan fingerprint density at radius 2 is 1.48 bits per heavy atom. The Balaban J connectivity index is 1.63. The van der Waals surface area contributed by atoms with Crippen molar-refractivity contribution in [2.24, 2.45) is 17.8 Å². The zero-order valence-electron chi connectivity index (χ0n) is 16.8. The first-order chi connectivity index (χ1) is 12.9. The van der Waals surface area contributed by atoms with Crippen molar-refractivity contribution in [1.29, 1.82) is 0 Å². The van der Waals surface area contributed by atoms with Crippen molar-refractivity contribution in [2.45, 2.75) is 70.1 Å². The SMILES string of the molecule is CC(C)(C)c1cc(C23CC4CC(CC(C4)C2)C3)cc2c1oc1ccccc12. The summed E-state index contributed by atoms with van der Waals surface area (Å²) < 4.78 is 6.38. The van der Waals surface area contributed by atoms with Crippen LogP contribution in [0.15, 0.2) is 40.8 Å².